The van der Waals surface area contributed by atoms with Crippen molar-refractivity contribution in [2.45, 2.75) is 13.0 Å². The number of aryl methyl sites for hydroxylation is 1. The van der Waals surface area contributed by atoms with Gasteiger partial charge in [-0.1, -0.05) is 0 Å². The zero-order valence-electron chi connectivity index (χ0n) is 12.2. The Morgan fingerprint density at radius 1 is 1.50 bits per heavy atom. The Morgan fingerprint density at radius 2 is 2.32 bits per heavy atom. The van der Waals surface area contributed by atoms with Gasteiger partial charge in [-0.2, -0.15) is 0 Å². The normalized spacial score (nSPS) is 22.1. The number of H-pyrrole nitrogens is 1. The van der Waals surface area contributed by atoms with Crippen LogP contribution < -0.4 is 5.32 Å². The Labute approximate surface area is 126 Å². The van der Waals surface area contributed by atoms with Crippen molar-refractivity contribution in [1.29, 1.82) is 0 Å². The second kappa shape index (κ2) is 5.76. The summed E-state index contributed by atoms with van der Waals surface area (Å²) in [6.07, 6.45) is 1.68. The first-order valence-electron chi connectivity index (χ1n) is 7.03. The van der Waals surface area contributed by atoms with Gasteiger partial charge < -0.3 is 19.9 Å². The summed E-state index contributed by atoms with van der Waals surface area (Å²) in [5.41, 5.74) is 0.891. The number of aromatic amines is 1. The zero-order valence-corrected chi connectivity index (χ0v) is 12.2. The molecule has 3 heterocycles. The number of morpholine rings is 1. The molecule has 1 aromatic rings. The third-order valence-corrected chi connectivity index (χ3v) is 3.72. The van der Waals surface area contributed by atoms with Crippen molar-refractivity contribution in [1.82, 2.24) is 25.1 Å². The van der Waals surface area contributed by atoms with E-state index in [1.165, 1.54) is 0 Å². The molecule has 2 N–H and O–H groups in total. The molecule has 2 aliphatic heterocycles. The minimum Gasteiger partial charge on any atom is -0.377 e. The average Bonchev–Trinajstić information content (AvgIpc) is 3.08. The standard InChI is InChI=1S/C13H17N5O4/c1-8-4-14-12(16-8)9-7-22-3-2-17(9)11(20)6-18-10(19)5-15-13(18)21/h4,9H,2-3,5-7H2,1H3,(H,14,16)(H,15,21). The van der Waals surface area contributed by atoms with E-state index >= 15 is 0 Å². The van der Waals surface area contributed by atoms with Gasteiger partial charge in [0.2, 0.25) is 5.91 Å². The van der Waals surface area contributed by atoms with Crippen LogP contribution in [0.4, 0.5) is 4.79 Å². The van der Waals surface area contributed by atoms with Crippen molar-refractivity contribution < 1.29 is 19.1 Å². The number of aromatic nitrogens is 2. The highest BCUT2D eigenvalue weighted by atomic mass is 16.5. The van der Waals surface area contributed by atoms with E-state index in [9.17, 15) is 14.4 Å². The van der Waals surface area contributed by atoms with E-state index in [1.807, 2.05) is 6.92 Å². The molecule has 2 aliphatic rings. The zero-order chi connectivity index (χ0) is 15.7. The number of nitrogens with one attached hydrogen (secondary N) is 2. The number of nitrogens with zero attached hydrogens (tertiary/aromatic N) is 3. The fraction of sp³-hybridized carbons (Fsp3) is 0.538. The number of rotatable bonds is 3. The summed E-state index contributed by atoms with van der Waals surface area (Å²) >= 11 is 0. The van der Waals surface area contributed by atoms with Crippen LogP contribution in [-0.2, 0) is 14.3 Å². The number of hydrogen-bond acceptors (Lipinski definition) is 5. The molecule has 0 aliphatic carbocycles. The highest BCUT2D eigenvalue weighted by molar-refractivity contribution is 6.04. The lowest BCUT2D eigenvalue weighted by Gasteiger charge is -2.35. The molecule has 3 rings (SSSR count). The molecule has 0 aromatic carbocycles. The first kappa shape index (κ1) is 14.5. The molecule has 2 fully saturated rings. The molecule has 118 valence electrons. The van der Waals surface area contributed by atoms with Gasteiger partial charge in [0, 0.05) is 18.4 Å². The van der Waals surface area contributed by atoms with Crippen LogP contribution in [0.25, 0.3) is 0 Å². The van der Waals surface area contributed by atoms with Gasteiger partial charge in [0.1, 0.15) is 18.4 Å². The van der Waals surface area contributed by atoms with E-state index in [-0.39, 0.29) is 25.0 Å². The minimum absolute atomic E-state index is 0.0595. The first-order chi connectivity index (χ1) is 10.6. The second-order valence-electron chi connectivity index (χ2n) is 5.27. The van der Waals surface area contributed by atoms with Crippen LogP contribution >= 0.6 is 0 Å². The third-order valence-electron chi connectivity index (χ3n) is 3.72. The fourth-order valence-electron chi connectivity index (χ4n) is 2.57. The van der Waals surface area contributed by atoms with Crippen LogP contribution in [0.5, 0.6) is 0 Å². The van der Waals surface area contributed by atoms with Crippen molar-refractivity contribution in [2.75, 3.05) is 32.8 Å². The number of imide groups is 1. The molecule has 1 aromatic heterocycles. The van der Waals surface area contributed by atoms with E-state index in [0.717, 1.165) is 10.6 Å². The third kappa shape index (κ3) is 2.67. The summed E-state index contributed by atoms with van der Waals surface area (Å²) in [6, 6.07) is -0.868. The molecular formula is C13H17N5O4. The van der Waals surface area contributed by atoms with Gasteiger partial charge in [-0.15, -0.1) is 0 Å². The maximum absolute atomic E-state index is 12.5. The molecule has 0 spiro atoms. The fourth-order valence-corrected chi connectivity index (χ4v) is 2.57. The van der Waals surface area contributed by atoms with Gasteiger partial charge in [0.25, 0.3) is 5.91 Å². The van der Waals surface area contributed by atoms with Crippen molar-refractivity contribution >= 4 is 17.8 Å². The molecular weight excluding hydrogens is 290 g/mol. The molecule has 0 radical (unpaired) electrons. The summed E-state index contributed by atoms with van der Waals surface area (Å²) in [4.78, 5) is 45.5. The highest BCUT2D eigenvalue weighted by Crippen LogP contribution is 2.22. The smallest absolute Gasteiger partial charge is 0.325 e. The number of carbonyl (C=O) groups excluding carboxylic acids is 3. The summed E-state index contributed by atoms with van der Waals surface area (Å²) in [7, 11) is 0. The van der Waals surface area contributed by atoms with Gasteiger partial charge in [-0.05, 0) is 6.92 Å². The van der Waals surface area contributed by atoms with Crippen LogP contribution in [0.2, 0.25) is 0 Å². The van der Waals surface area contributed by atoms with E-state index in [2.05, 4.69) is 15.3 Å². The predicted molar refractivity (Wildman–Crippen MR) is 73.7 cm³/mol. The van der Waals surface area contributed by atoms with Gasteiger partial charge in [0.05, 0.1) is 19.8 Å². The molecule has 9 nitrogen and oxygen atoms in total. The van der Waals surface area contributed by atoms with E-state index < -0.39 is 11.9 Å². The number of urea groups is 1. The summed E-state index contributed by atoms with van der Waals surface area (Å²) in [5.74, 6) is -0.0486. The maximum Gasteiger partial charge on any atom is 0.325 e. The van der Waals surface area contributed by atoms with Crippen molar-refractivity contribution in [3.63, 3.8) is 0 Å². The quantitative estimate of drug-likeness (QED) is 0.709. The monoisotopic (exact) mass is 307 g/mol. The summed E-state index contributed by atoms with van der Waals surface area (Å²) in [5, 5.41) is 2.40. The van der Waals surface area contributed by atoms with E-state index in [1.54, 1.807) is 11.1 Å². The Hall–Kier alpha value is -2.42. The summed E-state index contributed by atoms with van der Waals surface area (Å²) < 4.78 is 5.42. The Kier molecular flexibility index (Phi) is 3.80. The predicted octanol–water partition coefficient (Wildman–Crippen LogP) is -0.830. The molecule has 1 unspecified atom stereocenters. The Balaban J connectivity index is 1.74. The minimum atomic E-state index is -0.531. The first-order valence-corrected chi connectivity index (χ1v) is 7.03. The van der Waals surface area contributed by atoms with Gasteiger partial charge in [-0.25, -0.2) is 9.78 Å². The highest BCUT2D eigenvalue weighted by Gasteiger charge is 2.35. The lowest BCUT2D eigenvalue weighted by molar-refractivity contribution is -0.143. The largest absolute Gasteiger partial charge is 0.377 e. The van der Waals surface area contributed by atoms with Crippen molar-refractivity contribution in [2.24, 2.45) is 0 Å². The molecule has 0 bridgehead atoms. The van der Waals surface area contributed by atoms with Gasteiger partial charge >= 0.3 is 6.03 Å². The molecule has 22 heavy (non-hydrogen) atoms. The number of imidazole rings is 1. The van der Waals surface area contributed by atoms with E-state index in [0.29, 0.717) is 25.6 Å². The van der Waals surface area contributed by atoms with E-state index in [4.69, 9.17) is 4.74 Å². The molecule has 9 heteroatoms. The van der Waals surface area contributed by atoms with Crippen LogP contribution in [0.1, 0.15) is 17.6 Å². The number of hydrogen-bond donors (Lipinski definition) is 2. The average molecular weight is 307 g/mol. The van der Waals surface area contributed by atoms with Crippen molar-refractivity contribution in [3.05, 3.63) is 17.7 Å². The molecule has 0 saturated carbocycles. The number of ether oxygens (including phenoxy) is 1. The van der Waals surface area contributed by atoms with Crippen molar-refractivity contribution in [3.8, 4) is 0 Å². The lowest BCUT2D eigenvalue weighted by Crippen LogP contribution is -2.49. The van der Waals surface area contributed by atoms with Crippen LogP contribution in [0, 0.1) is 6.92 Å². The molecule has 1 atom stereocenters. The number of amides is 4. The second-order valence-corrected chi connectivity index (χ2v) is 5.27. The van der Waals surface area contributed by atoms with Gasteiger partial charge in [-0.3, -0.25) is 14.5 Å². The molecule has 2 saturated heterocycles. The maximum atomic E-state index is 12.5. The Bertz CT molecular complexity index is 597. The molecule has 4 amide bonds. The topological polar surface area (TPSA) is 108 Å². The van der Waals surface area contributed by atoms with Crippen LogP contribution in [0.3, 0.4) is 0 Å². The van der Waals surface area contributed by atoms with Crippen LogP contribution in [-0.4, -0.2) is 70.5 Å². The lowest BCUT2D eigenvalue weighted by atomic mass is 10.2. The SMILES string of the molecule is Cc1cnc(C2COCCN2C(=O)CN2C(=O)CNC2=O)[nH]1. The summed E-state index contributed by atoms with van der Waals surface area (Å²) in [6.45, 7) is 2.70. The van der Waals surface area contributed by atoms with Crippen LogP contribution in [0.15, 0.2) is 6.20 Å². The number of carbonyl (C=O) groups is 3. The van der Waals surface area contributed by atoms with Gasteiger partial charge in [0.15, 0.2) is 0 Å². The Morgan fingerprint density at radius 3 is 2.95 bits per heavy atom.